The minimum absolute atomic E-state index is 0.0214. The smallest absolute Gasteiger partial charge is 0.492 e. The second-order valence-electron chi connectivity index (χ2n) is 11.0. The van der Waals surface area contributed by atoms with E-state index >= 15 is 0 Å². The number of aldehydes is 1. The number of ether oxygens (including phenoxy) is 1. The Morgan fingerprint density at radius 3 is 2.17 bits per heavy atom. The van der Waals surface area contributed by atoms with Crippen molar-refractivity contribution in [2.24, 2.45) is 0 Å². The highest BCUT2D eigenvalue weighted by Crippen LogP contribution is 2.44. The molecule has 0 unspecified atom stereocenters. The number of hydrogen-bond acceptors (Lipinski definition) is 6. The number of amides is 1. The molecule has 0 spiro atoms. The Morgan fingerprint density at radius 1 is 1.02 bits per heavy atom. The van der Waals surface area contributed by atoms with Gasteiger partial charge in [0.2, 0.25) is 0 Å². The molecule has 9 heteroatoms. The van der Waals surface area contributed by atoms with Gasteiger partial charge < -0.3 is 24.5 Å². The van der Waals surface area contributed by atoms with Gasteiger partial charge in [-0.1, -0.05) is 54.6 Å². The summed E-state index contributed by atoms with van der Waals surface area (Å²) in [4.78, 5) is 24.2. The number of alkyl carbamates (subject to hydrolysis) is 1. The molecule has 3 aromatic carbocycles. The highest BCUT2D eigenvalue weighted by atomic mass is 19.1. The van der Waals surface area contributed by atoms with E-state index in [-0.39, 0.29) is 24.6 Å². The van der Waals surface area contributed by atoms with Gasteiger partial charge in [0, 0.05) is 12.5 Å². The number of halogens is 1. The molecule has 3 aromatic rings. The Kier molecular flexibility index (Phi) is 7.29. The van der Waals surface area contributed by atoms with E-state index in [0.29, 0.717) is 17.3 Å². The van der Waals surface area contributed by atoms with Gasteiger partial charge in [-0.05, 0) is 73.1 Å². The predicted molar refractivity (Wildman–Crippen MR) is 151 cm³/mol. The molecule has 1 amide bonds. The van der Waals surface area contributed by atoms with E-state index in [1.165, 1.54) is 6.07 Å². The Bertz CT molecular complexity index is 1440. The van der Waals surface area contributed by atoms with Gasteiger partial charge in [-0.2, -0.15) is 0 Å². The number of fused-ring (bicyclic) bond motifs is 3. The van der Waals surface area contributed by atoms with Gasteiger partial charge in [0.1, 0.15) is 6.61 Å². The normalized spacial score (nSPS) is 17.3. The zero-order valence-corrected chi connectivity index (χ0v) is 22.9. The summed E-state index contributed by atoms with van der Waals surface area (Å²) in [6, 6.07) is 18.6. The molecule has 2 aliphatic rings. The van der Waals surface area contributed by atoms with Crippen LogP contribution in [0.1, 0.15) is 60.7 Å². The number of nitrogens with one attached hydrogen (secondary N) is 1. The molecule has 1 aliphatic carbocycles. The van der Waals surface area contributed by atoms with Crippen molar-refractivity contribution in [3.63, 3.8) is 0 Å². The van der Waals surface area contributed by atoms with Gasteiger partial charge in [-0.3, -0.25) is 4.79 Å². The Balaban J connectivity index is 1.34. The van der Waals surface area contributed by atoms with Crippen LogP contribution in [-0.2, 0) is 14.0 Å². The first-order chi connectivity index (χ1) is 19.0. The lowest BCUT2D eigenvalue weighted by Crippen LogP contribution is -2.41. The average Bonchev–Trinajstić information content (AvgIpc) is 3.36. The SMILES string of the molecule is CC1(C)OB(C(=Cc2cc(F)c(O)c(C=O)c2)CNC(=O)OCC2c3ccccc3-c3ccccc32)OC1(C)C. The third kappa shape index (κ3) is 5.14. The van der Waals surface area contributed by atoms with Gasteiger partial charge in [0.15, 0.2) is 17.9 Å². The number of rotatable bonds is 7. The maximum Gasteiger partial charge on any atom is 0.492 e. The summed E-state index contributed by atoms with van der Waals surface area (Å²) in [7, 11) is -0.851. The van der Waals surface area contributed by atoms with Gasteiger partial charge >= 0.3 is 13.2 Å². The molecular weight excluding hydrogens is 512 g/mol. The lowest BCUT2D eigenvalue weighted by molar-refractivity contribution is 0.00578. The van der Waals surface area contributed by atoms with Gasteiger partial charge in [0.25, 0.3) is 0 Å². The minimum atomic E-state index is -0.936. The summed E-state index contributed by atoms with van der Waals surface area (Å²) in [5.41, 5.74) is 3.75. The van der Waals surface area contributed by atoms with Gasteiger partial charge in [-0.15, -0.1) is 0 Å². The Labute approximate surface area is 233 Å². The molecule has 1 heterocycles. The molecule has 0 bridgehead atoms. The van der Waals surface area contributed by atoms with Crippen LogP contribution in [0.5, 0.6) is 5.75 Å². The summed E-state index contributed by atoms with van der Waals surface area (Å²) in [6.07, 6.45) is 1.32. The van der Waals surface area contributed by atoms with Crippen molar-refractivity contribution < 1.29 is 33.1 Å². The van der Waals surface area contributed by atoms with Crippen molar-refractivity contribution >= 4 is 25.6 Å². The van der Waals surface area contributed by atoms with E-state index in [4.69, 9.17) is 14.0 Å². The van der Waals surface area contributed by atoms with Crippen LogP contribution in [0, 0.1) is 5.82 Å². The van der Waals surface area contributed by atoms with Crippen molar-refractivity contribution in [1.82, 2.24) is 5.32 Å². The minimum Gasteiger partial charge on any atom is -0.504 e. The maximum absolute atomic E-state index is 14.3. The molecule has 0 saturated carbocycles. The fourth-order valence-corrected chi connectivity index (χ4v) is 5.05. The van der Waals surface area contributed by atoms with E-state index in [1.807, 2.05) is 64.1 Å². The number of carbonyl (C=O) groups is 2. The van der Waals surface area contributed by atoms with Crippen LogP contribution in [0.4, 0.5) is 9.18 Å². The number of benzene rings is 3. The highest BCUT2D eigenvalue weighted by molar-refractivity contribution is 6.56. The molecule has 1 saturated heterocycles. The monoisotopic (exact) mass is 543 g/mol. The predicted octanol–water partition coefficient (Wildman–Crippen LogP) is 5.90. The molecule has 0 aromatic heterocycles. The maximum atomic E-state index is 14.3. The van der Waals surface area contributed by atoms with Crippen LogP contribution in [0.3, 0.4) is 0 Å². The molecule has 40 heavy (non-hydrogen) atoms. The lowest BCUT2D eigenvalue weighted by atomic mass is 9.77. The summed E-state index contributed by atoms with van der Waals surface area (Å²) in [5, 5.41) is 12.6. The van der Waals surface area contributed by atoms with Crippen molar-refractivity contribution in [2.75, 3.05) is 13.2 Å². The van der Waals surface area contributed by atoms with Crippen molar-refractivity contribution in [3.8, 4) is 16.9 Å². The van der Waals surface area contributed by atoms with Crippen LogP contribution >= 0.6 is 0 Å². The first kappa shape index (κ1) is 27.6. The molecule has 2 N–H and O–H groups in total. The van der Waals surface area contributed by atoms with E-state index in [9.17, 15) is 19.1 Å². The number of phenols is 1. The molecular formula is C31H31BFNO6. The summed E-state index contributed by atoms with van der Waals surface area (Å²) >= 11 is 0. The van der Waals surface area contributed by atoms with Crippen LogP contribution in [0.2, 0.25) is 0 Å². The largest absolute Gasteiger partial charge is 0.504 e. The average molecular weight is 543 g/mol. The first-order valence-corrected chi connectivity index (χ1v) is 13.1. The van der Waals surface area contributed by atoms with Crippen LogP contribution in [-0.4, -0.2) is 49.0 Å². The number of aromatic hydroxyl groups is 1. The van der Waals surface area contributed by atoms with Gasteiger partial charge in [0.05, 0.1) is 16.8 Å². The molecule has 7 nitrogen and oxygen atoms in total. The van der Waals surface area contributed by atoms with Crippen molar-refractivity contribution in [3.05, 3.63) is 94.2 Å². The first-order valence-electron chi connectivity index (χ1n) is 13.1. The fourth-order valence-electron chi connectivity index (χ4n) is 5.05. The fraction of sp³-hybridized carbons (Fsp3) is 0.290. The van der Waals surface area contributed by atoms with Gasteiger partial charge in [-0.25, -0.2) is 9.18 Å². The Hall–Kier alpha value is -3.95. The molecule has 206 valence electrons. The number of carbonyl (C=O) groups excluding carboxylic acids is 2. The molecule has 1 aliphatic heterocycles. The quantitative estimate of drug-likeness (QED) is 0.285. The zero-order chi connectivity index (χ0) is 28.7. The van der Waals surface area contributed by atoms with Crippen LogP contribution in [0.15, 0.2) is 66.1 Å². The topological polar surface area (TPSA) is 94.1 Å². The van der Waals surface area contributed by atoms with E-state index in [0.717, 1.165) is 28.3 Å². The molecule has 1 fully saturated rings. The third-order valence-electron chi connectivity index (χ3n) is 7.93. The van der Waals surface area contributed by atoms with E-state index in [2.05, 4.69) is 17.4 Å². The second-order valence-corrected chi connectivity index (χ2v) is 11.0. The summed E-state index contributed by atoms with van der Waals surface area (Å²) < 4.78 is 32.3. The van der Waals surface area contributed by atoms with E-state index in [1.54, 1.807) is 6.08 Å². The van der Waals surface area contributed by atoms with Crippen molar-refractivity contribution in [2.45, 2.75) is 44.8 Å². The number of phenolic OH excluding ortho intramolecular Hbond substituents is 1. The number of hydrogen-bond donors (Lipinski definition) is 2. The summed E-state index contributed by atoms with van der Waals surface area (Å²) in [5.74, 6) is -1.74. The molecule has 0 atom stereocenters. The summed E-state index contributed by atoms with van der Waals surface area (Å²) in [6.45, 7) is 7.72. The third-order valence-corrected chi connectivity index (χ3v) is 7.93. The van der Waals surface area contributed by atoms with E-state index < -0.39 is 36.0 Å². The standard InChI is InChI=1S/C31H31BFNO6/c1-30(2)31(3,4)40-32(39-30)21(14-19-13-20(17-35)28(36)27(33)15-19)16-34-29(37)38-18-26-24-11-7-5-9-22(24)23-10-6-8-12-25(23)26/h5-15,17,26,36H,16,18H2,1-4H3,(H,34,37). The molecule has 5 rings (SSSR count). The second kappa shape index (κ2) is 10.6. The molecule has 0 radical (unpaired) electrons. The highest BCUT2D eigenvalue weighted by Gasteiger charge is 2.52. The Morgan fingerprint density at radius 2 is 1.60 bits per heavy atom. The zero-order valence-electron chi connectivity index (χ0n) is 22.9. The van der Waals surface area contributed by atoms with Crippen LogP contribution < -0.4 is 5.32 Å². The van der Waals surface area contributed by atoms with Crippen molar-refractivity contribution in [1.29, 1.82) is 0 Å². The lowest BCUT2D eigenvalue weighted by Gasteiger charge is -2.32. The van der Waals surface area contributed by atoms with Crippen LogP contribution in [0.25, 0.3) is 17.2 Å².